The van der Waals surface area contributed by atoms with Crippen LogP contribution in [0.3, 0.4) is 0 Å². The van der Waals surface area contributed by atoms with Crippen LogP contribution in [-0.4, -0.2) is 25.3 Å². The summed E-state index contributed by atoms with van der Waals surface area (Å²) in [5.74, 6) is -0.146. The second kappa shape index (κ2) is 9.45. The Labute approximate surface area is 121 Å². The fraction of sp³-hybridized carbons (Fsp3) is 0.471. The van der Waals surface area contributed by atoms with Crippen LogP contribution in [0, 0.1) is 6.92 Å². The minimum atomic E-state index is -0.781. The van der Waals surface area contributed by atoms with E-state index in [-0.39, 0.29) is 5.78 Å². The van der Waals surface area contributed by atoms with E-state index in [1.165, 1.54) is 11.6 Å². The lowest BCUT2D eigenvalue weighted by atomic mass is 10.1. The van der Waals surface area contributed by atoms with Crippen LogP contribution in [0.25, 0.3) is 6.08 Å². The average Bonchev–Trinajstić information content (AvgIpc) is 2.46. The van der Waals surface area contributed by atoms with Gasteiger partial charge in [0.05, 0.1) is 0 Å². The third-order valence-corrected chi connectivity index (χ3v) is 2.70. The Bertz CT molecular complexity index is 412. The number of hydrogen-bond donors (Lipinski definition) is 0. The number of carbonyl (C=O) groups is 1. The normalized spacial score (nSPS) is 11.4. The van der Waals surface area contributed by atoms with Crippen LogP contribution in [0.2, 0.25) is 0 Å². The van der Waals surface area contributed by atoms with E-state index in [4.69, 9.17) is 9.47 Å². The first kappa shape index (κ1) is 16.6. The van der Waals surface area contributed by atoms with Gasteiger partial charge >= 0.3 is 0 Å². The van der Waals surface area contributed by atoms with Gasteiger partial charge in [0.15, 0.2) is 0 Å². The van der Waals surface area contributed by atoms with Gasteiger partial charge in [-0.2, -0.15) is 0 Å². The molecule has 0 bridgehead atoms. The van der Waals surface area contributed by atoms with Gasteiger partial charge in [-0.05, 0) is 31.4 Å². The van der Waals surface area contributed by atoms with Gasteiger partial charge < -0.3 is 9.47 Å². The predicted octanol–water partition coefficient (Wildman–Crippen LogP) is 3.76. The van der Waals surface area contributed by atoms with Gasteiger partial charge in [0.2, 0.25) is 12.1 Å². The van der Waals surface area contributed by atoms with Crippen molar-refractivity contribution in [2.24, 2.45) is 0 Å². The highest BCUT2D eigenvalue weighted by atomic mass is 16.7. The molecular weight excluding hydrogens is 252 g/mol. The highest BCUT2D eigenvalue weighted by Gasteiger charge is 2.16. The number of hydrogen-bond acceptors (Lipinski definition) is 3. The summed E-state index contributed by atoms with van der Waals surface area (Å²) in [4.78, 5) is 12.1. The molecule has 0 aliphatic carbocycles. The number of rotatable bonds is 9. The number of ether oxygens (including phenoxy) is 2. The third-order valence-electron chi connectivity index (χ3n) is 2.70. The minimum absolute atomic E-state index is 0.146. The van der Waals surface area contributed by atoms with Crippen molar-refractivity contribution >= 4 is 11.9 Å². The minimum Gasteiger partial charge on any atom is -0.346 e. The zero-order chi connectivity index (χ0) is 14.8. The molecule has 0 aliphatic rings. The molecule has 0 unspecified atom stereocenters. The fourth-order valence-corrected chi connectivity index (χ4v) is 1.60. The van der Waals surface area contributed by atoms with Gasteiger partial charge in [0, 0.05) is 13.2 Å². The van der Waals surface area contributed by atoms with Crippen LogP contribution in [0.1, 0.15) is 37.8 Å². The molecule has 0 radical (unpaired) electrons. The first-order valence-corrected chi connectivity index (χ1v) is 7.19. The van der Waals surface area contributed by atoms with Crippen LogP contribution in [0.5, 0.6) is 0 Å². The zero-order valence-electron chi connectivity index (χ0n) is 12.6. The van der Waals surface area contributed by atoms with Gasteiger partial charge in [-0.15, -0.1) is 0 Å². The number of ketones is 1. The molecule has 0 heterocycles. The zero-order valence-corrected chi connectivity index (χ0v) is 12.6. The van der Waals surface area contributed by atoms with Crippen molar-refractivity contribution in [2.45, 2.75) is 39.9 Å². The Balaban J connectivity index is 2.61. The predicted molar refractivity (Wildman–Crippen MR) is 81.5 cm³/mol. The van der Waals surface area contributed by atoms with E-state index in [9.17, 15) is 4.79 Å². The van der Waals surface area contributed by atoms with E-state index in [1.807, 2.05) is 45.0 Å². The van der Waals surface area contributed by atoms with Gasteiger partial charge in [-0.25, -0.2) is 0 Å². The summed E-state index contributed by atoms with van der Waals surface area (Å²) in [6.45, 7) is 7.09. The van der Waals surface area contributed by atoms with Crippen LogP contribution in [-0.2, 0) is 14.3 Å². The third kappa shape index (κ3) is 6.13. The molecule has 1 aromatic carbocycles. The standard InChI is InChI=1S/C17H24O3/c1-4-12-19-17(20-13-5-2)16(18)11-10-15-8-6-14(3)7-9-15/h6-11,17H,4-5,12-13H2,1-3H3/b11-10+. The van der Waals surface area contributed by atoms with E-state index in [0.717, 1.165) is 18.4 Å². The van der Waals surface area contributed by atoms with Crippen LogP contribution >= 0.6 is 0 Å². The lowest BCUT2D eigenvalue weighted by Gasteiger charge is -2.15. The largest absolute Gasteiger partial charge is 0.346 e. The van der Waals surface area contributed by atoms with Crippen LogP contribution in [0.15, 0.2) is 30.3 Å². The molecule has 0 spiro atoms. The van der Waals surface area contributed by atoms with E-state index in [0.29, 0.717) is 13.2 Å². The molecule has 110 valence electrons. The molecule has 0 aliphatic heterocycles. The molecule has 3 nitrogen and oxygen atoms in total. The molecule has 0 saturated heterocycles. The second-order valence-corrected chi connectivity index (χ2v) is 4.72. The molecule has 1 rings (SSSR count). The highest BCUT2D eigenvalue weighted by molar-refractivity contribution is 5.96. The van der Waals surface area contributed by atoms with Crippen molar-refractivity contribution in [1.82, 2.24) is 0 Å². The van der Waals surface area contributed by atoms with Crippen molar-refractivity contribution in [1.29, 1.82) is 0 Å². The molecular formula is C17H24O3. The summed E-state index contributed by atoms with van der Waals surface area (Å²) in [6, 6.07) is 7.99. The maximum absolute atomic E-state index is 12.1. The molecule has 0 saturated carbocycles. The molecule has 3 heteroatoms. The van der Waals surface area contributed by atoms with Crippen molar-refractivity contribution in [3.05, 3.63) is 41.5 Å². The summed E-state index contributed by atoms with van der Waals surface area (Å²) in [5.41, 5.74) is 2.19. The maximum atomic E-state index is 12.1. The fourth-order valence-electron chi connectivity index (χ4n) is 1.60. The topological polar surface area (TPSA) is 35.5 Å². The monoisotopic (exact) mass is 276 g/mol. The van der Waals surface area contributed by atoms with E-state index in [2.05, 4.69) is 0 Å². The first-order chi connectivity index (χ1) is 9.67. The molecule has 20 heavy (non-hydrogen) atoms. The molecule has 0 aromatic heterocycles. The van der Waals surface area contributed by atoms with E-state index in [1.54, 1.807) is 6.08 Å². The van der Waals surface area contributed by atoms with Crippen molar-refractivity contribution in [3.8, 4) is 0 Å². The Morgan fingerprint density at radius 1 is 1.10 bits per heavy atom. The first-order valence-electron chi connectivity index (χ1n) is 7.19. The highest BCUT2D eigenvalue weighted by Crippen LogP contribution is 2.07. The van der Waals surface area contributed by atoms with Gasteiger partial charge in [0.1, 0.15) is 0 Å². The smallest absolute Gasteiger partial charge is 0.221 e. The second-order valence-electron chi connectivity index (χ2n) is 4.72. The Morgan fingerprint density at radius 3 is 2.15 bits per heavy atom. The summed E-state index contributed by atoms with van der Waals surface area (Å²) in [5, 5.41) is 0. The summed E-state index contributed by atoms with van der Waals surface area (Å²) in [6.07, 6.45) is 4.26. The van der Waals surface area contributed by atoms with Crippen molar-refractivity contribution in [2.75, 3.05) is 13.2 Å². The van der Waals surface area contributed by atoms with E-state index < -0.39 is 6.29 Å². The number of benzene rings is 1. The maximum Gasteiger partial charge on any atom is 0.221 e. The summed E-state index contributed by atoms with van der Waals surface area (Å²) in [7, 11) is 0. The molecule has 0 atom stereocenters. The SMILES string of the molecule is CCCOC(OCCC)C(=O)/C=C/c1ccc(C)cc1. The van der Waals surface area contributed by atoms with Gasteiger partial charge in [0.25, 0.3) is 0 Å². The Kier molecular flexibility index (Phi) is 7.85. The molecule has 0 N–H and O–H groups in total. The molecule has 0 fully saturated rings. The lowest BCUT2D eigenvalue weighted by molar-refractivity contribution is -0.165. The van der Waals surface area contributed by atoms with E-state index >= 15 is 0 Å². The van der Waals surface area contributed by atoms with Crippen LogP contribution in [0.4, 0.5) is 0 Å². The number of aryl methyl sites for hydroxylation is 1. The van der Waals surface area contributed by atoms with Crippen molar-refractivity contribution < 1.29 is 14.3 Å². The lowest BCUT2D eigenvalue weighted by Crippen LogP contribution is -2.26. The van der Waals surface area contributed by atoms with Gasteiger partial charge in [-0.3, -0.25) is 4.79 Å². The summed E-state index contributed by atoms with van der Waals surface area (Å²) >= 11 is 0. The average molecular weight is 276 g/mol. The Morgan fingerprint density at radius 2 is 1.65 bits per heavy atom. The molecule has 1 aromatic rings. The van der Waals surface area contributed by atoms with Gasteiger partial charge in [-0.1, -0.05) is 49.8 Å². The van der Waals surface area contributed by atoms with Crippen LogP contribution < -0.4 is 0 Å². The quantitative estimate of drug-likeness (QED) is 0.509. The molecule has 0 amide bonds. The number of carbonyl (C=O) groups excluding carboxylic acids is 1. The summed E-state index contributed by atoms with van der Waals surface area (Å²) < 4.78 is 10.9. The Hall–Kier alpha value is -1.45. The van der Waals surface area contributed by atoms with Crippen molar-refractivity contribution in [3.63, 3.8) is 0 Å².